The van der Waals surface area contributed by atoms with Crippen LogP contribution >= 0.6 is 11.3 Å². The number of carbonyl (C=O) groups excluding carboxylic acids is 1. The lowest BCUT2D eigenvalue weighted by Gasteiger charge is -2.11. The second-order valence-corrected chi connectivity index (χ2v) is 6.70. The summed E-state index contributed by atoms with van der Waals surface area (Å²) in [7, 11) is 0. The summed E-state index contributed by atoms with van der Waals surface area (Å²) in [6.07, 6.45) is 0.166. The molecule has 2 aromatic rings. The second-order valence-electron chi connectivity index (χ2n) is 5.48. The summed E-state index contributed by atoms with van der Waals surface area (Å²) in [4.78, 5) is 23.0. The van der Waals surface area contributed by atoms with Crippen molar-refractivity contribution < 1.29 is 18.0 Å². The highest BCUT2D eigenvalue weighted by Gasteiger charge is 2.31. The highest BCUT2D eigenvalue weighted by molar-refractivity contribution is 7.09. The minimum Gasteiger partial charge on any atom is -0.323 e. The fraction of sp³-hybridized carbons (Fsp3) is 0.400. The number of hydrogen-bond acceptors (Lipinski definition) is 3. The van der Waals surface area contributed by atoms with Crippen molar-refractivity contribution in [3.63, 3.8) is 0 Å². The molecule has 128 valence electrons. The van der Waals surface area contributed by atoms with Crippen LogP contribution in [-0.2, 0) is 6.18 Å². The lowest BCUT2D eigenvalue weighted by molar-refractivity contribution is -0.137. The van der Waals surface area contributed by atoms with Gasteiger partial charge in [0.05, 0.1) is 5.56 Å². The lowest BCUT2D eigenvalue weighted by Crippen LogP contribution is -2.27. The Morgan fingerprint density at radius 3 is 2.71 bits per heavy atom. The summed E-state index contributed by atoms with van der Waals surface area (Å²) in [5.74, 6) is 0.0853. The van der Waals surface area contributed by atoms with Gasteiger partial charge in [0.25, 0.3) is 0 Å². The first-order chi connectivity index (χ1) is 11.3. The van der Waals surface area contributed by atoms with Crippen LogP contribution in [0.2, 0.25) is 0 Å². The number of pyridine rings is 1. The third-order valence-corrected chi connectivity index (χ3v) is 4.55. The van der Waals surface area contributed by atoms with E-state index in [2.05, 4.69) is 9.98 Å². The van der Waals surface area contributed by atoms with Crippen molar-refractivity contribution >= 4 is 17.4 Å². The van der Waals surface area contributed by atoms with Crippen LogP contribution < -0.4 is 4.80 Å². The van der Waals surface area contributed by atoms with Crippen LogP contribution in [0.3, 0.4) is 0 Å². The van der Waals surface area contributed by atoms with Crippen LogP contribution in [0.4, 0.5) is 18.0 Å². The number of likely N-dealkylation sites (tertiary alicyclic amines) is 1. The van der Waals surface area contributed by atoms with Crippen molar-refractivity contribution in [3.8, 4) is 5.82 Å². The van der Waals surface area contributed by atoms with E-state index in [0.29, 0.717) is 17.9 Å². The summed E-state index contributed by atoms with van der Waals surface area (Å²) >= 11 is 1.24. The van der Waals surface area contributed by atoms with Gasteiger partial charge < -0.3 is 4.90 Å². The quantitative estimate of drug-likeness (QED) is 0.787. The van der Waals surface area contributed by atoms with Gasteiger partial charge in [0.15, 0.2) is 0 Å². The molecule has 1 fully saturated rings. The second kappa shape index (κ2) is 6.39. The fourth-order valence-electron chi connectivity index (χ4n) is 2.48. The van der Waals surface area contributed by atoms with Gasteiger partial charge in [-0.2, -0.15) is 18.2 Å². The van der Waals surface area contributed by atoms with Crippen LogP contribution in [0.25, 0.3) is 5.82 Å². The highest BCUT2D eigenvalue weighted by Crippen LogP contribution is 2.29. The van der Waals surface area contributed by atoms with Crippen LogP contribution in [0.15, 0.2) is 29.5 Å². The number of aromatic nitrogens is 2. The average Bonchev–Trinajstić information content (AvgIpc) is 3.16. The van der Waals surface area contributed by atoms with E-state index in [0.717, 1.165) is 36.0 Å². The van der Waals surface area contributed by atoms with E-state index in [1.165, 1.54) is 15.9 Å². The Labute approximate surface area is 140 Å². The first-order valence-corrected chi connectivity index (χ1v) is 8.22. The molecule has 0 saturated carbocycles. The van der Waals surface area contributed by atoms with E-state index in [4.69, 9.17) is 0 Å². The molecule has 0 bridgehead atoms. The Morgan fingerprint density at radius 2 is 2.04 bits per heavy atom. The van der Waals surface area contributed by atoms with E-state index < -0.39 is 11.7 Å². The Hall–Kier alpha value is -2.16. The van der Waals surface area contributed by atoms with E-state index in [9.17, 15) is 18.0 Å². The zero-order valence-corrected chi connectivity index (χ0v) is 13.7. The summed E-state index contributed by atoms with van der Waals surface area (Å²) in [5.41, 5.74) is -0.791. The number of rotatable bonds is 1. The first kappa shape index (κ1) is 16.7. The molecule has 0 atom stereocenters. The molecule has 3 rings (SSSR count). The normalized spacial score (nSPS) is 16.0. The predicted octanol–water partition coefficient (Wildman–Crippen LogP) is 3.38. The summed E-state index contributed by atoms with van der Waals surface area (Å²) in [5, 5.41) is 0. The molecule has 9 heteroatoms. The van der Waals surface area contributed by atoms with Crippen LogP contribution in [0.1, 0.15) is 23.3 Å². The minimum absolute atomic E-state index is 0.0853. The molecule has 3 heterocycles. The molecule has 0 unspecified atom stereocenters. The SMILES string of the molecule is Cc1cn(-c2cc(C(F)(F)F)ccn2)c(=NC(=O)N2CCCC2)s1. The number of halogens is 3. The van der Waals surface area contributed by atoms with Gasteiger partial charge in [0.2, 0.25) is 4.80 Å². The molecule has 1 aliphatic heterocycles. The highest BCUT2D eigenvalue weighted by atomic mass is 32.1. The Morgan fingerprint density at radius 1 is 1.33 bits per heavy atom. The number of alkyl halides is 3. The maximum atomic E-state index is 12.9. The van der Waals surface area contributed by atoms with Crippen molar-refractivity contribution in [1.82, 2.24) is 14.5 Å². The topological polar surface area (TPSA) is 50.5 Å². The minimum atomic E-state index is -4.45. The zero-order valence-electron chi connectivity index (χ0n) is 12.9. The van der Waals surface area contributed by atoms with Gasteiger partial charge in [-0.15, -0.1) is 11.3 Å². The number of nitrogens with zero attached hydrogens (tertiary/aromatic N) is 4. The van der Waals surface area contributed by atoms with Crippen molar-refractivity contribution in [2.45, 2.75) is 25.9 Å². The van der Waals surface area contributed by atoms with Crippen LogP contribution in [0, 0.1) is 6.92 Å². The third-order valence-electron chi connectivity index (χ3n) is 3.66. The van der Waals surface area contributed by atoms with Crippen molar-refractivity contribution in [1.29, 1.82) is 0 Å². The van der Waals surface area contributed by atoms with Crippen LogP contribution in [0.5, 0.6) is 0 Å². The molecule has 0 N–H and O–H groups in total. The zero-order chi connectivity index (χ0) is 17.3. The molecule has 24 heavy (non-hydrogen) atoms. The predicted molar refractivity (Wildman–Crippen MR) is 82.9 cm³/mol. The standard InChI is InChI=1S/C15H15F3N4OS/c1-10-9-22(12-8-11(4-5-19-12)15(16,17)18)14(24-10)20-13(23)21-6-2-3-7-21/h4-5,8-9H,2-3,6-7H2,1H3. The Balaban J connectivity index is 2.02. The molecular formula is C15H15F3N4OS. The lowest BCUT2D eigenvalue weighted by atomic mass is 10.2. The smallest absolute Gasteiger partial charge is 0.323 e. The van der Waals surface area contributed by atoms with Gasteiger partial charge in [0.1, 0.15) is 5.82 Å². The number of hydrogen-bond donors (Lipinski definition) is 0. The average molecular weight is 356 g/mol. The number of thiazole rings is 1. The van der Waals surface area contributed by atoms with E-state index in [-0.39, 0.29) is 11.8 Å². The molecule has 2 amide bonds. The maximum absolute atomic E-state index is 12.9. The number of aryl methyl sites for hydroxylation is 1. The van der Waals surface area contributed by atoms with Crippen molar-refractivity contribution in [3.05, 3.63) is 39.8 Å². The molecule has 0 aliphatic carbocycles. The van der Waals surface area contributed by atoms with Gasteiger partial charge in [-0.3, -0.25) is 4.57 Å². The molecule has 2 aromatic heterocycles. The van der Waals surface area contributed by atoms with E-state index in [1.54, 1.807) is 18.0 Å². The summed E-state index contributed by atoms with van der Waals surface area (Å²) < 4.78 is 40.1. The largest absolute Gasteiger partial charge is 0.416 e. The monoisotopic (exact) mass is 356 g/mol. The van der Waals surface area contributed by atoms with Gasteiger partial charge >= 0.3 is 12.2 Å². The van der Waals surface area contributed by atoms with Crippen LogP contribution in [-0.4, -0.2) is 33.6 Å². The van der Waals surface area contributed by atoms with Gasteiger partial charge in [-0.25, -0.2) is 9.78 Å². The molecule has 1 aliphatic rings. The molecule has 0 spiro atoms. The Bertz CT molecular complexity index is 819. The molecule has 5 nitrogen and oxygen atoms in total. The fourth-order valence-corrected chi connectivity index (χ4v) is 3.30. The van der Waals surface area contributed by atoms with Gasteiger partial charge in [0, 0.05) is 30.4 Å². The van der Waals surface area contributed by atoms with Crippen molar-refractivity contribution in [2.75, 3.05) is 13.1 Å². The molecule has 0 aromatic carbocycles. The maximum Gasteiger partial charge on any atom is 0.416 e. The molecular weight excluding hydrogens is 341 g/mol. The van der Waals surface area contributed by atoms with E-state index in [1.807, 2.05) is 0 Å². The van der Waals surface area contributed by atoms with Crippen molar-refractivity contribution in [2.24, 2.45) is 4.99 Å². The summed E-state index contributed by atoms with van der Waals surface area (Å²) in [6, 6.07) is 1.50. The molecule has 0 radical (unpaired) electrons. The van der Waals surface area contributed by atoms with Gasteiger partial charge in [-0.1, -0.05) is 0 Å². The molecule has 1 saturated heterocycles. The summed E-state index contributed by atoms with van der Waals surface area (Å²) in [6.45, 7) is 3.12. The van der Waals surface area contributed by atoms with Gasteiger partial charge in [-0.05, 0) is 31.9 Å². The Kier molecular flexibility index (Phi) is 4.44. The third kappa shape index (κ3) is 3.50. The number of urea groups is 1. The number of carbonyl (C=O) groups is 1. The van der Waals surface area contributed by atoms with E-state index >= 15 is 0 Å². The first-order valence-electron chi connectivity index (χ1n) is 7.41. The number of amides is 2.